The van der Waals surface area contributed by atoms with Crippen LogP contribution in [-0.4, -0.2) is 37.7 Å². The second-order valence-corrected chi connectivity index (χ2v) is 6.74. The maximum absolute atomic E-state index is 12.5. The molecule has 0 aliphatic rings. The standard InChI is InChI=1S/C22H29N3O3/c1-15(21(28-4)7-5-6-10-27-3)14-24-22(26)20-13-18-12-17(11-16(2)23)8-9-19(18)25-20/h5-10,12-13,16,25H,11,14,23H2,1-4H3,(H,24,26)/b7-5-,10-6+,21-15-. The van der Waals surface area contributed by atoms with Crippen LogP contribution in [0.3, 0.4) is 0 Å². The summed E-state index contributed by atoms with van der Waals surface area (Å²) in [5.74, 6) is 0.529. The number of benzene rings is 1. The predicted octanol–water partition coefficient (Wildman–Crippen LogP) is 3.42. The van der Waals surface area contributed by atoms with Gasteiger partial charge in [0.25, 0.3) is 5.91 Å². The Morgan fingerprint density at radius 1 is 1.29 bits per heavy atom. The van der Waals surface area contributed by atoms with Crippen LogP contribution in [0.5, 0.6) is 0 Å². The van der Waals surface area contributed by atoms with Gasteiger partial charge < -0.3 is 25.5 Å². The van der Waals surface area contributed by atoms with Gasteiger partial charge in [-0.3, -0.25) is 4.79 Å². The second kappa shape index (κ2) is 10.4. The Labute approximate surface area is 166 Å². The molecule has 0 saturated heterocycles. The number of carbonyl (C=O) groups is 1. The van der Waals surface area contributed by atoms with E-state index in [4.69, 9.17) is 15.2 Å². The molecule has 1 amide bonds. The molecule has 1 aromatic heterocycles. The Morgan fingerprint density at radius 2 is 2.07 bits per heavy atom. The Bertz CT molecular complexity index is 892. The van der Waals surface area contributed by atoms with Gasteiger partial charge in [0.2, 0.25) is 0 Å². The minimum Gasteiger partial charge on any atom is -0.504 e. The summed E-state index contributed by atoms with van der Waals surface area (Å²) in [4.78, 5) is 15.7. The van der Waals surface area contributed by atoms with Crippen LogP contribution in [0.25, 0.3) is 10.9 Å². The zero-order valence-electron chi connectivity index (χ0n) is 16.9. The molecule has 2 rings (SSSR count). The summed E-state index contributed by atoms with van der Waals surface area (Å²) in [6.45, 7) is 4.27. The summed E-state index contributed by atoms with van der Waals surface area (Å²) in [5, 5.41) is 3.92. The molecule has 4 N–H and O–H groups in total. The summed E-state index contributed by atoms with van der Waals surface area (Å²) < 4.78 is 10.2. The number of H-pyrrole nitrogens is 1. The molecule has 0 bridgehead atoms. The number of hydrogen-bond acceptors (Lipinski definition) is 4. The summed E-state index contributed by atoms with van der Waals surface area (Å²) in [6.07, 6.45) is 7.76. The topological polar surface area (TPSA) is 89.4 Å². The number of nitrogens with one attached hydrogen (secondary N) is 2. The van der Waals surface area contributed by atoms with Crippen LogP contribution in [0, 0.1) is 0 Å². The Hall–Kier alpha value is -2.99. The van der Waals surface area contributed by atoms with E-state index in [0.717, 1.165) is 28.5 Å². The largest absolute Gasteiger partial charge is 0.504 e. The number of methoxy groups -OCH3 is 2. The van der Waals surface area contributed by atoms with Gasteiger partial charge in [0.1, 0.15) is 11.5 Å². The molecule has 0 radical (unpaired) electrons. The predicted molar refractivity (Wildman–Crippen MR) is 113 cm³/mol. The molecule has 150 valence electrons. The molecule has 1 aromatic carbocycles. The van der Waals surface area contributed by atoms with E-state index in [9.17, 15) is 4.79 Å². The minimum absolute atomic E-state index is 0.0999. The average molecular weight is 383 g/mol. The zero-order valence-corrected chi connectivity index (χ0v) is 16.9. The van der Waals surface area contributed by atoms with Gasteiger partial charge in [0, 0.05) is 23.5 Å². The van der Waals surface area contributed by atoms with Gasteiger partial charge in [-0.15, -0.1) is 0 Å². The van der Waals surface area contributed by atoms with Gasteiger partial charge in [-0.2, -0.15) is 0 Å². The molecule has 0 saturated carbocycles. The lowest BCUT2D eigenvalue weighted by Crippen LogP contribution is -2.25. The summed E-state index contributed by atoms with van der Waals surface area (Å²) in [7, 11) is 3.18. The molecule has 0 aliphatic heterocycles. The van der Waals surface area contributed by atoms with Crippen molar-refractivity contribution in [3.63, 3.8) is 0 Å². The van der Waals surface area contributed by atoms with Crippen molar-refractivity contribution < 1.29 is 14.3 Å². The number of amides is 1. The van der Waals surface area contributed by atoms with Gasteiger partial charge in [-0.05, 0) is 61.8 Å². The van der Waals surface area contributed by atoms with Crippen molar-refractivity contribution >= 4 is 16.8 Å². The number of ether oxygens (including phenoxy) is 2. The first-order valence-electron chi connectivity index (χ1n) is 9.19. The Kier molecular flexibility index (Phi) is 7.89. The normalized spacial score (nSPS) is 13.8. The number of carbonyl (C=O) groups excluding carboxylic acids is 1. The molecule has 28 heavy (non-hydrogen) atoms. The first kappa shape index (κ1) is 21.3. The number of rotatable bonds is 9. The average Bonchev–Trinajstić information content (AvgIpc) is 3.09. The molecule has 1 atom stereocenters. The highest BCUT2D eigenvalue weighted by molar-refractivity contribution is 5.98. The highest BCUT2D eigenvalue weighted by Crippen LogP contribution is 2.18. The van der Waals surface area contributed by atoms with Gasteiger partial charge in [0.15, 0.2) is 0 Å². The van der Waals surface area contributed by atoms with E-state index in [0.29, 0.717) is 18.0 Å². The third-order valence-corrected chi connectivity index (χ3v) is 4.22. The van der Waals surface area contributed by atoms with Crippen LogP contribution < -0.4 is 11.1 Å². The highest BCUT2D eigenvalue weighted by Gasteiger charge is 2.11. The second-order valence-electron chi connectivity index (χ2n) is 6.74. The van der Waals surface area contributed by atoms with E-state index < -0.39 is 0 Å². The van der Waals surface area contributed by atoms with Crippen molar-refractivity contribution in [3.05, 3.63) is 71.3 Å². The Balaban J connectivity index is 2.06. The molecule has 0 spiro atoms. The maximum Gasteiger partial charge on any atom is 0.267 e. The third-order valence-electron chi connectivity index (χ3n) is 4.22. The highest BCUT2D eigenvalue weighted by atomic mass is 16.5. The summed E-state index contributed by atoms with van der Waals surface area (Å²) in [6, 6.07) is 8.05. The van der Waals surface area contributed by atoms with E-state index in [1.807, 2.05) is 44.2 Å². The van der Waals surface area contributed by atoms with E-state index in [1.165, 1.54) is 0 Å². The van der Waals surface area contributed by atoms with Gasteiger partial charge in [0.05, 0.1) is 20.5 Å². The monoisotopic (exact) mass is 383 g/mol. The lowest BCUT2D eigenvalue weighted by Gasteiger charge is -2.08. The lowest BCUT2D eigenvalue weighted by atomic mass is 10.1. The Morgan fingerprint density at radius 3 is 2.75 bits per heavy atom. The first-order valence-corrected chi connectivity index (χ1v) is 9.19. The van der Waals surface area contributed by atoms with Crippen LogP contribution in [-0.2, 0) is 15.9 Å². The molecule has 0 fully saturated rings. The van der Waals surface area contributed by atoms with Crippen LogP contribution >= 0.6 is 0 Å². The molecule has 1 unspecified atom stereocenters. The number of allylic oxidation sites excluding steroid dienone is 3. The zero-order chi connectivity index (χ0) is 20.5. The van der Waals surface area contributed by atoms with Crippen molar-refractivity contribution in [2.75, 3.05) is 20.8 Å². The summed E-state index contributed by atoms with van der Waals surface area (Å²) >= 11 is 0. The van der Waals surface area contributed by atoms with E-state index in [-0.39, 0.29) is 11.9 Å². The third kappa shape index (κ3) is 6.03. The van der Waals surface area contributed by atoms with E-state index in [2.05, 4.69) is 16.4 Å². The van der Waals surface area contributed by atoms with Crippen LogP contribution in [0.1, 0.15) is 29.9 Å². The number of hydrogen-bond donors (Lipinski definition) is 3. The molecule has 6 heteroatoms. The van der Waals surface area contributed by atoms with Gasteiger partial charge >= 0.3 is 0 Å². The SMILES string of the molecule is CO/C=C/C=C\C(OC)=C(/C)CNC(=O)c1cc2cc(CC(C)N)ccc2[nH]1. The van der Waals surface area contributed by atoms with Crippen LogP contribution in [0.4, 0.5) is 0 Å². The van der Waals surface area contributed by atoms with Crippen molar-refractivity contribution in [1.29, 1.82) is 0 Å². The molecule has 0 aliphatic carbocycles. The smallest absolute Gasteiger partial charge is 0.267 e. The number of aromatic amines is 1. The summed E-state index contributed by atoms with van der Waals surface area (Å²) in [5.41, 5.74) is 9.39. The van der Waals surface area contributed by atoms with Crippen molar-refractivity contribution in [2.24, 2.45) is 5.73 Å². The van der Waals surface area contributed by atoms with Crippen molar-refractivity contribution in [2.45, 2.75) is 26.3 Å². The van der Waals surface area contributed by atoms with Gasteiger partial charge in [-0.25, -0.2) is 0 Å². The van der Waals surface area contributed by atoms with Crippen molar-refractivity contribution in [1.82, 2.24) is 10.3 Å². The molecule has 1 heterocycles. The number of nitrogens with two attached hydrogens (primary N) is 1. The molecular weight excluding hydrogens is 354 g/mol. The van der Waals surface area contributed by atoms with E-state index >= 15 is 0 Å². The van der Waals surface area contributed by atoms with Crippen LogP contribution in [0.2, 0.25) is 0 Å². The molecule has 2 aromatic rings. The number of fused-ring (bicyclic) bond motifs is 1. The van der Waals surface area contributed by atoms with Crippen molar-refractivity contribution in [3.8, 4) is 0 Å². The molecule has 6 nitrogen and oxygen atoms in total. The quantitative estimate of drug-likeness (QED) is 0.457. The van der Waals surface area contributed by atoms with Crippen LogP contribution in [0.15, 0.2) is 60.1 Å². The first-order chi connectivity index (χ1) is 13.4. The fraction of sp³-hybridized carbons (Fsp3) is 0.318. The lowest BCUT2D eigenvalue weighted by molar-refractivity contribution is 0.0952. The van der Waals surface area contributed by atoms with E-state index in [1.54, 1.807) is 26.6 Å². The number of aromatic nitrogens is 1. The maximum atomic E-state index is 12.5. The van der Waals surface area contributed by atoms with Gasteiger partial charge in [-0.1, -0.05) is 12.1 Å². The molecular formula is C22H29N3O3. The fourth-order valence-electron chi connectivity index (χ4n) is 2.85. The minimum atomic E-state index is -0.164. The fourth-order valence-corrected chi connectivity index (χ4v) is 2.85.